The molecule has 0 amide bonds. The molecule has 1 N–H and O–H groups in total. The highest BCUT2D eigenvalue weighted by molar-refractivity contribution is 7.15. The lowest BCUT2D eigenvalue weighted by molar-refractivity contribution is 0.315. The molecular weight excluding hydrogens is 292 g/mol. The maximum Gasteiger partial charge on any atom is 0.110 e. The minimum Gasteiger partial charge on any atom is -0.364 e. The van der Waals surface area contributed by atoms with E-state index in [1.807, 2.05) is 36.2 Å². The number of nitriles is 1. The van der Waals surface area contributed by atoms with Crippen LogP contribution in [0.3, 0.4) is 0 Å². The summed E-state index contributed by atoms with van der Waals surface area (Å²) in [6, 6.07) is 12.0. The molecule has 3 rings (SSSR count). The van der Waals surface area contributed by atoms with Crippen LogP contribution in [0, 0.1) is 16.7 Å². The van der Waals surface area contributed by atoms with E-state index in [4.69, 9.17) is 15.7 Å². The van der Waals surface area contributed by atoms with E-state index >= 15 is 0 Å². The number of hydrogen-bond donors (Lipinski definition) is 1. The zero-order valence-electron chi connectivity index (χ0n) is 12.8. The van der Waals surface area contributed by atoms with Crippen LogP contribution in [0.4, 0.5) is 0 Å². The summed E-state index contributed by atoms with van der Waals surface area (Å²) in [4.78, 5) is 8.56. The number of nitrogens with one attached hydrogen (secondary N) is 1. The summed E-state index contributed by atoms with van der Waals surface area (Å²) < 4.78 is 0. The topological polar surface area (TPSA) is 63.8 Å². The number of amidine groups is 1. The summed E-state index contributed by atoms with van der Waals surface area (Å²) in [6.45, 7) is 3.08. The Morgan fingerprint density at radius 3 is 2.86 bits per heavy atom. The molecule has 0 radical (unpaired) electrons. The summed E-state index contributed by atoms with van der Waals surface area (Å²) in [5.41, 5.74) is 1.86. The number of nitrogens with zero attached hydrogens (tertiary/aromatic N) is 3. The van der Waals surface area contributed by atoms with Crippen molar-refractivity contribution < 1.29 is 0 Å². The summed E-state index contributed by atoms with van der Waals surface area (Å²) in [6.07, 6.45) is 1.71. The molecule has 1 aliphatic rings. The molecule has 2 aromatic heterocycles. The van der Waals surface area contributed by atoms with Gasteiger partial charge in [0, 0.05) is 31.1 Å². The van der Waals surface area contributed by atoms with Crippen LogP contribution in [0.25, 0.3) is 10.6 Å². The predicted molar refractivity (Wildman–Crippen MR) is 89.2 cm³/mol. The Balaban J connectivity index is 1.94. The lowest BCUT2D eigenvalue weighted by atomic mass is 9.76. The monoisotopic (exact) mass is 310 g/mol. The molecule has 0 saturated carbocycles. The van der Waals surface area contributed by atoms with Crippen molar-refractivity contribution >= 4 is 17.2 Å². The van der Waals surface area contributed by atoms with Gasteiger partial charge in [-0.15, -0.1) is 11.3 Å². The molecule has 22 heavy (non-hydrogen) atoms. The first-order valence-electron chi connectivity index (χ1n) is 7.28. The molecule has 112 valence electrons. The normalized spacial score (nSPS) is 21.7. The third-order valence-corrected chi connectivity index (χ3v) is 5.37. The predicted octanol–water partition coefficient (Wildman–Crippen LogP) is 3.64. The maximum absolute atomic E-state index is 8.96. The van der Waals surface area contributed by atoms with E-state index in [0.29, 0.717) is 17.1 Å². The third kappa shape index (κ3) is 2.62. The highest BCUT2D eigenvalue weighted by Crippen LogP contribution is 2.36. The van der Waals surface area contributed by atoms with Crippen LogP contribution < -0.4 is 0 Å². The smallest absolute Gasteiger partial charge is 0.110 e. The van der Waals surface area contributed by atoms with Gasteiger partial charge in [-0.1, -0.05) is 13.0 Å². The van der Waals surface area contributed by atoms with E-state index in [-0.39, 0.29) is 5.41 Å². The number of hydrogen-bond acceptors (Lipinski definition) is 4. The second kappa shape index (κ2) is 5.54. The quantitative estimate of drug-likeness (QED) is 0.921. The molecule has 1 saturated heterocycles. The lowest BCUT2D eigenvalue weighted by Gasteiger charge is -2.38. The molecule has 1 fully saturated rings. The first-order chi connectivity index (χ1) is 10.5. The Morgan fingerprint density at radius 1 is 1.36 bits per heavy atom. The van der Waals surface area contributed by atoms with Gasteiger partial charge in [0.2, 0.25) is 0 Å². The first-order valence-corrected chi connectivity index (χ1v) is 8.10. The fourth-order valence-corrected chi connectivity index (χ4v) is 3.58. The van der Waals surface area contributed by atoms with Gasteiger partial charge in [-0.2, -0.15) is 5.26 Å². The minimum atomic E-state index is -0.0884. The van der Waals surface area contributed by atoms with E-state index in [9.17, 15) is 0 Å². The fraction of sp³-hybridized carbons (Fsp3) is 0.353. The van der Waals surface area contributed by atoms with Gasteiger partial charge in [0.15, 0.2) is 0 Å². The Labute approximate surface area is 134 Å². The van der Waals surface area contributed by atoms with Crippen molar-refractivity contribution in [3.63, 3.8) is 0 Å². The Hall–Kier alpha value is -2.19. The number of pyridine rings is 1. The Kier molecular flexibility index (Phi) is 3.71. The number of aromatic nitrogens is 1. The number of thiophene rings is 1. The van der Waals surface area contributed by atoms with Crippen LogP contribution in [0.15, 0.2) is 30.3 Å². The van der Waals surface area contributed by atoms with Gasteiger partial charge >= 0.3 is 0 Å². The zero-order chi connectivity index (χ0) is 15.7. The van der Waals surface area contributed by atoms with Crippen LogP contribution in [0.2, 0.25) is 0 Å². The van der Waals surface area contributed by atoms with Gasteiger partial charge in [0.05, 0.1) is 16.4 Å². The summed E-state index contributed by atoms with van der Waals surface area (Å²) in [5, 5.41) is 17.1. The highest BCUT2D eigenvalue weighted by Gasteiger charge is 2.34. The van der Waals surface area contributed by atoms with Crippen molar-refractivity contribution in [3.05, 3.63) is 40.9 Å². The molecule has 4 nitrogen and oxygen atoms in total. The fourth-order valence-electron chi connectivity index (χ4n) is 2.80. The van der Waals surface area contributed by atoms with Gasteiger partial charge in [-0.25, -0.2) is 0 Å². The standard InChI is InChI=1S/C17H18N4S/c1-17(8-9-21(2)16(19)10-17)15-5-3-4-13(20-15)14-7-6-12(11-18)22-14/h3-7,19H,8-10H2,1-2H3/t17-/m1/s1. The molecule has 1 aliphatic heterocycles. The molecule has 0 aliphatic carbocycles. The second-order valence-corrected chi connectivity index (χ2v) is 7.12. The number of likely N-dealkylation sites (tertiary alicyclic amines) is 1. The molecule has 0 unspecified atom stereocenters. The van der Waals surface area contributed by atoms with Crippen LogP contribution in [0.5, 0.6) is 0 Å². The summed E-state index contributed by atoms with van der Waals surface area (Å²) in [7, 11) is 1.97. The van der Waals surface area contributed by atoms with E-state index < -0.39 is 0 Å². The second-order valence-electron chi connectivity index (χ2n) is 6.04. The Bertz CT molecular complexity index is 758. The summed E-state index contributed by atoms with van der Waals surface area (Å²) in [5.74, 6) is 0.670. The van der Waals surface area contributed by atoms with Crippen molar-refractivity contribution in [2.75, 3.05) is 13.6 Å². The average molecular weight is 310 g/mol. The SMILES string of the molecule is CN1CC[C@@](C)(c2cccc(-c3ccc(C#N)s3)n2)CC1=N. The molecule has 1 atom stereocenters. The van der Waals surface area contributed by atoms with Gasteiger partial charge < -0.3 is 4.90 Å². The van der Waals surface area contributed by atoms with E-state index in [1.54, 1.807) is 0 Å². The average Bonchev–Trinajstić information content (AvgIpc) is 3.01. The number of piperidine rings is 1. The van der Waals surface area contributed by atoms with Gasteiger partial charge in [0.1, 0.15) is 10.9 Å². The molecule has 0 aromatic carbocycles. The van der Waals surface area contributed by atoms with Crippen molar-refractivity contribution in [3.8, 4) is 16.6 Å². The van der Waals surface area contributed by atoms with Crippen molar-refractivity contribution in [2.45, 2.75) is 25.2 Å². The van der Waals surface area contributed by atoms with Gasteiger partial charge in [-0.05, 0) is 30.7 Å². The van der Waals surface area contributed by atoms with Gasteiger partial charge in [-0.3, -0.25) is 10.4 Å². The summed E-state index contributed by atoms with van der Waals surface area (Å²) >= 11 is 1.47. The van der Waals surface area contributed by atoms with Crippen molar-refractivity contribution in [1.29, 1.82) is 10.7 Å². The molecule has 2 aromatic rings. The third-order valence-electron chi connectivity index (χ3n) is 4.35. The number of rotatable bonds is 2. The highest BCUT2D eigenvalue weighted by atomic mass is 32.1. The molecule has 0 spiro atoms. The molecule has 3 heterocycles. The molecule has 5 heteroatoms. The Morgan fingerprint density at radius 2 is 2.18 bits per heavy atom. The van der Waals surface area contributed by atoms with Crippen LogP contribution in [-0.4, -0.2) is 29.3 Å². The maximum atomic E-state index is 8.96. The van der Waals surface area contributed by atoms with E-state index in [0.717, 1.165) is 29.2 Å². The molecular formula is C17H18N4S. The molecule has 0 bridgehead atoms. The largest absolute Gasteiger partial charge is 0.364 e. The van der Waals surface area contributed by atoms with Crippen LogP contribution in [-0.2, 0) is 5.41 Å². The van der Waals surface area contributed by atoms with Crippen LogP contribution in [0.1, 0.15) is 30.3 Å². The van der Waals surface area contributed by atoms with E-state index in [1.165, 1.54) is 11.3 Å². The van der Waals surface area contributed by atoms with Crippen molar-refractivity contribution in [1.82, 2.24) is 9.88 Å². The lowest BCUT2D eigenvalue weighted by Crippen LogP contribution is -2.43. The minimum absolute atomic E-state index is 0.0884. The zero-order valence-corrected chi connectivity index (χ0v) is 13.6. The van der Waals surface area contributed by atoms with Crippen molar-refractivity contribution in [2.24, 2.45) is 0 Å². The first kappa shape index (κ1) is 14.7. The van der Waals surface area contributed by atoms with Crippen LogP contribution >= 0.6 is 11.3 Å². The van der Waals surface area contributed by atoms with Gasteiger partial charge in [0.25, 0.3) is 0 Å². The van der Waals surface area contributed by atoms with E-state index in [2.05, 4.69) is 19.1 Å².